The fourth-order valence-electron chi connectivity index (χ4n) is 4.13. The molecule has 35 heavy (non-hydrogen) atoms. The van der Waals surface area contributed by atoms with E-state index in [1.807, 2.05) is 12.1 Å². The van der Waals surface area contributed by atoms with Gasteiger partial charge in [0.1, 0.15) is 30.5 Å². The molecule has 0 bridgehead atoms. The third-order valence-corrected chi connectivity index (χ3v) is 7.47. The first-order valence-corrected chi connectivity index (χ1v) is 13.5. The molecule has 1 aromatic heterocycles. The summed E-state index contributed by atoms with van der Waals surface area (Å²) < 4.78 is 52.2. The van der Waals surface area contributed by atoms with E-state index < -0.39 is 34.5 Å². The molecule has 0 unspecified atom stereocenters. The van der Waals surface area contributed by atoms with E-state index in [-0.39, 0.29) is 13.2 Å². The third-order valence-electron chi connectivity index (χ3n) is 5.64. The molecule has 0 saturated carbocycles. The number of halogens is 2. The maximum Gasteiger partial charge on any atom is 0.264 e. The van der Waals surface area contributed by atoms with Crippen LogP contribution in [0.15, 0.2) is 41.1 Å². The predicted molar refractivity (Wildman–Crippen MR) is 132 cm³/mol. The van der Waals surface area contributed by atoms with Gasteiger partial charge in [0, 0.05) is 21.6 Å². The van der Waals surface area contributed by atoms with Crippen molar-refractivity contribution in [1.82, 2.24) is 9.97 Å². The van der Waals surface area contributed by atoms with E-state index >= 15 is 0 Å². The lowest BCUT2D eigenvalue weighted by molar-refractivity contribution is 0.0194. The van der Waals surface area contributed by atoms with Crippen molar-refractivity contribution < 1.29 is 31.5 Å². The Balaban J connectivity index is 1.39. The second-order valence-corrected chi connectivity index (χ2v) is 10.9. The molecule has 3 aromatic rings. The summed E-state index contributed by atoms with van der Waals surface area (Å²) in [4.78, 5) is 8.74. The van der Waals surface area contributed by atoms with Crippen molar-refractivity contribution in [3.05, 3.63) is 46.2 Å². The molecule has 2 saturated heterocycles. The van der Waals surface area contributed by atoms with Crippen molar-refractivity contribution in [1.29, 1.82) is 0 Å². The van der Waals surface area contributed by atoms with Crippen LogP contribution in [0.3, 0.4) is 0 Å². The van der Waals surface area contributed by atoms with Gasteiger partial charge >= 0.3 is 0 Å². The molecule has 1 N–H and O–H groups in total. The van der Waals surface area contributed by atoms with Gasteiger partial charge < -0.3 is 24.3 Å². The van der Waals surface area contributed by atoms with Crippen LogP contribution in [0.5, 0.6) is 11.5 Å². The van der Waals surface area contributed by atoms with Crippen molar-refractivity contribution in [3.8, 4) is 11.5 Å². The molecular formula is C22H21BrClN3O7S. The highest BCUT2D eigenvalue weighted by Gasteiger charge is 2.50. The summed E-state index contributed by atoms with van der Waals surface area (Å²) in [6.07, 6.45) is 0.228. The van der Waals surface area contributed by atoms with Gasteiger partial charge in [-0.05, 0) is 40.2 Å². The molecule has 2 fully saturated rings. The van der Waals surface area contributed by atoms with Crippen LogP contribution in [0.1, 0.15) is 0 Å². The number of aromatic nitrogens is 2. The molecular weight excluding hydrogens is 566 g/mol. The highest BCUT2D eigenvalue weighted by Crippen LogP contribution is 2.38. The number of hydrogen-bond acceptors (Lipinski definition) is 10. The minimum Gasteiger partial charge on any atom is -0.493 e. The van der Waals surface area contributed by atoms with Gasteiger partial charge in [0.15, 0.2) is 17.6 Å². The number of fused-ring (bicyclic) bond motifs is 2. The zero-order valence-corrected chi connectivity index (χ0v) is 21.8. The van der Waals surface area contributed by atoms with E-state index in [0.29, 0.717) is 27.9 Å². The Morgan fingerprint density at radius 2 is 1.83 bits per heavy atom. The van der Waals surface area contributed by atoms with Gasteiger partial charge in [0.2, 0.25) is 0 Å². The topological polar surface area (TPSA) is 118 Å². The van der Waals surface area contributed by atoms with Gasteiger partial charge in [0.25, 0.3) is 10.1 Å². The number of methoxy groups -OCH3 is 1. The molecule has 0 spiro atoms. The van der Waals surface area contributed by atoms with Crippen molar-refractivity contribution >= 4 is 60.1 Å². The van der Waals surface area contributed by atoms with E-state index in [1.165, 1.54) is 13.4 Å². The number of nitrogens with one attached hydrogen (secondary N) is 1. The van der Waals surface area contributed by atoms with Gasteiger partial charge in [0.05, 0.1) is 37.1 Å². The minimum absolute atomic E-state index is 0.0967. The summed E-state index contributed by atoms with van der Waals surface area (Å²) in [6.45, 7) is 0.306. The third kappa shape index (κ3) is 5.18. The zero-order chi connectivity index (χ0) is 24.7. The molecule has 186 valence electrons. The van der Waals surface area contributed by atoms with Crippen LogP contribution in [-0.2, 0) is 23.8 Å². The van der Waals surface area contributed by atoms with Crippen LogP contribution in [-0.4, -0.2) is 69.4 Å². The Bertz CT molecular complexity index is 1380. The number of anilines is 2. The van der Waals surface area contributed by atoms with E-state index in [1.54, 1.807) is 18.2 Å². The maximum absolute atomic E-state index is 11.5. The van der Waals surface area contributed by atoms with E-state index in [2.05, 4.69) is 31.2 Å². The second kappa shape index (κ2) is 9.68. The van der Waals surface area contributed by atoms with Gasteiger partial charge in [-0.3, -0.25) is 4.18 Å². The van der Waals surface area contributed by atoms with Gasteiger partial charge in [-0.25, -0.2) is 9.97 Å². The summed E-state index contributed by atoms with van der Waals surface area (Å²) >= 11 is 9.60. The fourth-order valence-corrected chi connectivity index (χ4v) is 5.17. The Hall–Kier alpha value is -2.22. The Morgan fingerprint density at radius 1 is 1.09 bits per heavy atom. The van der Waals surface area contributed by atoms with Crippen LogP contribution < -0.4 is 14.8 Å². The van der Waals surface area contributed by atoms with Crippen LogP contribution in [0.2, 0.25) is 5.02 Å². The first kappa shape index (κ1) is 24.5. The zero-order valence-electron chi connectivity index (χ0n) is 18.6. The Labute approximate surface area is 215 Å². The SMILES string of the molecule is COc1cc2c(Nc3ccc(Br)c(Cl)c3)ncnc2cc1O[C@@H]1CO[C@@H]2[C@@H]1OC[C@@H]2OS(C)(=O)=O. The molecule has 2 aliphatic heterocycles. The largest absolute Gasteiger partial charge is 0.493 e. The van der Waals surface area contributed by atoms with Crippen LogP contribution in [0, 0.1) is 0 Å². The molecule has 2 aliphatic rings. The summed E-state index contributed by atoms with van der Waals surface area (Å²) in [6, 6.07) is 9.03. The lowest BCUT2D eigenvalue weighted by atomic mass is 10.1. The average Bonchev–Trinajstić information content (AvgIpc) is 3.38. The lowest BCUT2D eigenvalue weighted by Crippen LogP contribution is -2.36. The van der Waals surface area contributed by atoms with Gasteiger partial charge in [-0.2, -0.15) is 8.42 Å². The summed E-state index contributed by atoms with van der Waals surface area (Å²) in [5, 5.41) is 4.54. The van der Waals surface area contributed by atoms with Crippen molar-refractivity contribution in [2.75, 3.05) is 31.9 Å². The summed E-state index contributed by atoms with van der Waals surface area (Å²) in [5.41, 5.74) is 1.39. The minimum atomic E-state index is -3.64. The van der Waals surface area contributed by atoms with Crippen LogP contribution >= 0.6 is 27.5 Å². The molecule has 0 radical (unpaired) electrons. The summed E-state index contributed by atoms with van der Waals surface area (Å²) in [5.74, 6) is 1.48. The monoisotopic (exact) mass is 585 g/mol. The van der Waals surface area contributed by atoms with Crippen LogP contribution in [0.4, 0.5) is 11.5 Å². The van der Waals surface area contributed by atoms with Gasteiger partial charge in [-0.15, -0.1) is 0 Å². The van der Waals surface area contributed by atoms with E-state index in [4.69, 9.17) is 34.7 Å². The quantitative estimate of drug-likeness (QED) is 0.411. The molecule has 2 aromatic carbocycles. The Kier molecular flexibility index (Phi) is 6.77. The Morgan fingerprint density at radius 3 is 2.54 bits per heavy atom. The number of nitrogens with zero attached hydrogens (tertiary/aromatic N) is 2. The average molecular weight is 587 g/mol. The highest BCUT2D eigenvalue weighted by atomic mass is 79.9. The number of rotatable bonds is 7. The normalized spacial score (nSPS) is 23.9. The predicted octanol–water partition coefficient (Wildman–Crippen LogP) is 3.69. The highest BCUT2D eigenvalue weighted by molar-refractivity contribution is 9.10. The van der Waals surface area contributed by atoms with Crippen molar-refractivity contribution in [2.24, 2.45) is 0 Å². The van der Waals surface area contributed by atoms with Gasteiger partial charge in [-0.1, -0.05) is 11.6 Å². The maximum atomic E-state index is 11.5. The first-order chi connectivity index (χ1) is 16.7. The first-order valence-electron chi connectivity index (χ1n) is 10.5. The number of benzene rings is 2. The van der Waals surface area contributed by atoms with E-state index in [9.17, 15) is 8.42 Å². The van der Waals surface area contributed by atoms with Crippen molar-refractivity contribution in [3.63, 3.8) is 0 Å². The molecule has 0 aliphatic carbocycles. The number of hydrogen-bond donors (Lipinski definition) is 1. The molecule has 13 heteroatoms. The molecule has 4 atom stereocenters. The molecule has 0 amide bonds. The molecule has 5 rings (SSSR count). The smallest absolute Gasteiger partial charge is 0.264 e. The molecule has 3 heterocycles. The lowest BCUT2D eigenvalue weighted by Gasteiger charge is -2.20. The van der Waals surface area contributed by atoms with Crippen molar-refractivity contribution in [2.45, 2.75) is 24.4 Å². The fraction of sp³-hybridized carbons (Fsp3) is 0.364. The standard InChI is InChI=1S/C22H21BrClN3O7S/c1-30-16-6-12-15(25-10-26-22(12)27-11-3-4-13(23)14(24)5-11)7-17(16)33-18-8-31-21-19(9-32-20(18)21)34-35(2,28)29/h3-7,10,18-21H,8-9H2,1-2H3,(H,25,26,27)/t18-,19+,20-,21+/m1/s1. The second-order valence-electron chi connectivity index (χ2n) is 8.09. The molecule has 10 nitrogen and oxygen atoms in total. The van der Waals surface area contributed by atoms with E-state index in [0.717, 1.165) is 21.8 Å². The van der Waals surface area contributed by atoms with Crippen LogP contribution in [0.25, 0.3) is 10.9 Å². The number of ether oxygens (including phenoxy) is 4. The summed E-state index contributed by atoms with van der Waals surface area (Å²) in [7, 11) is -2.10.